The van der Waals surface area contributed by atoms with E-state index in [4.69, 9.17) is 4.74 Å². The van der Waals surface area contributed by atoms with Gasteiger partial charge in [0.25, 0.3) is 11.8 Å². The molecule has 0 saturated carbocycles. The number of benzene rings is 1. The summed E-state index contributed by atoms with van der Waals surface area (Å²) >= 11 is 0. The Balaban J connectivity index is 1.74. The Morgan fingerprint density at radius 2 is 1.62 bits per heavy atom. The number of nitrogens with one attached hydrogen (secondary N) is 2. The number of carbonyl (C=O) groups excluding carboxylic acids is 3. The Morgan fingerprint density at radius 3 is 2.29 bits per heavy atom. The smallest absolute Gasteiger partial charge is 0.328 e. The minimum absolute atomic E-state index is 0.127. The summed E-state index contributed by atoms with van der Waals surface area (Å²) in [7, 11) is 0. The number of rotatable bonds is 2. The molecule has 106 valence electrons. The summed E-state index contributed by atoms with van der Waals surface area (Å²) in [5.41, 5.74) is 0.861. The first-order valence-electron chi connectivity index (χ1n) is 6.41. The maximum Gasteiger partial charge on any atom is 0.328 e. The van der Waals surface area contributed by atoms with Gasteiger partial charge < -0.3 is 4.74 Å². The van der Waals surface area contributed by atoms with Crippen LogP contribution < -0.4 is 10.6 Å². The number of ether oxygens (including phenoxy) is 1. The van der Waals surface area contributed by atoms with E-state index in [1.807, 2.05) is 47.0 Å². The fourth-order valence-corrected chi connectivity index (χ4v) is 2.19. The number of imide groups is 2. The number of carbonyl (C=O) groups is 3. The molecule has 2 unspecified atom stereocenters. The largest absolute Gasteiger partial charge is 0.358 e. The molecule has 1 aromatic rings. The van der Waals surface area contributed by atoms with Crippen molar-refractivity contribution in [3.8, 4) is 0 Å². The van der Waals surface area contributed by atoms with Gasteiger partial charge in [-0.3, -0.25) is 20.2 Å². The maximum atomic E-state index is 11.6. The second-order valence-corrected chi connectivity index (χ2v) is 4.63. The van der Waals surface area contributed by atoms with Crippen LogP contribution in [0.25, 0.3) is 0 Å². The first kappa shape index (κ1) is 13.3. The molecule has 2 heterocycles. The zero-order valence-corrected chi connectivity index (χ0v) is 10.9. The number of barbiturate groups is 1. The van der Waals surface area contributed by atoms with Crippen molar-refractivity contribution in [2.45, 2.75) is 12.2 Å². The molecule has 6 nitrogen and oxygen atoms in total. The van der Waals surface area contributed by atoms with Gasteiger partial charge in [0.2, 0.25) is 0 Å². The summed E-state index contributed by atoms with van der Waals surface area (Å²) in [5, 5.41) is 4.04. The summed E-state index contributed by atoms with van der Waals surface area (Å²) < 4.78 is 5.74. The summed E-state index contributed by atoms with van der Waals surface area (Å²) in [6.07, 6.45) is 4.32. The molecule has 2 aliphatic rings. The van der Waals surface area contributed by atoms with Gasteiger partial charge in [-0.2, -0.15) is 0 Å². The van der Waals surface area contributed by atoms with Gasteiger partial charge in [-0.05, 0) is 11.6 Å². The van der Waals surface area contributed by atoms with Crippen LogP contribution in [-0.4, -0.2) is 23.9 Å². The molecule has 4 amide bonds. The number of urea groups is 1. The Labute approximate surface area is 120 Å². The van der Waals surface area contributed by atoms with E-state index in [0.29, 0.717) is 0 Å². The highest BCUT2D eigenvalue weighted by Gasteiger charge is 2.29. The lowest BCUT2D eigenvalue weighted by atomic mass is 10.1. The molecule has 1 aromatic carbocycles. The topological polar surface area (TPSA) is 84.5 Å². The molecular weight excluding hydrogens is 272 g/mol. The van der Waals surface area contributed by atoms with Gasteiger partial charge in [0.1, 0.15) is 11.7 Å². The van der Waals surface area contributed by atoms with Crippen LogP contribution in [0.5, 0.6) is 0 Å². The van der Waals surface area contributed by atoms with Gasteiger partial charge in [0.05, 0.1) is 6.10 Å². The highest BCUT2D eigenvalue weighted by molar-refractivity contribution is 6.28. The second-order valence-electron chi connectivity index (χ2n) is 4.63. The summed E-state index contributed by atoms with van der Waals surface area (Å²) in [6, 6.07) is 8.78. The number of amides is 4. The predicted molar refractivity (Wildman–Crippen MR) is 73.0 cm³/mol. The van der Waals surface area contributed by atoms with E-state index in [0.717, 1.165) is 5.56 Å². The third-order valence-corrected chi connectivity index (χ3v) is 3.18. The number of hydrogen-bond acceptors (Lipinski definition) is 4. The molecule has 1 saturated heterocycles. The maximum absolute atomic E-state index is 11.6. The van der Waals surface area contributed by atoms with Crippen molar-refractivity contribution in [3.63, 3.8) is 0 Å². The van der Waals surface area contributed by atoms with Crippen molar-refractivity contribution >= 4 is 17.8 Å². The van der Waals surface area contributed by atoms with E-state index < -0.39 is 23.9 Å². The number of hydrogen-bond donors (Lipinski definition) is 2. The van der Waals surface area contributed by atoms with Crippen LogP contribution in [0.1, 0.15) is 11.7 Å². The van der Waals surface area contributed by atoms with Crippen molar-refractivity contribution in [1.29, 1.82) is 0 Å². The van der Waals surface area contributed by atoms with Crippen molar-refractivity contribution in [2.24, 2.45) is 0 Å². The van der Waals surface area contributed by atoms with Crippen LogP contribution in [0.4, 0.5) is 4.79 Å². The van der Waals surface area contributed by atoms with Crippen LogP contribution in [0.15, 0.2) is 54.1 Å². The van der Waals surface area contributed by atoms with E-state index >= 15 is 0 Å². The zero-order chi connectivity index (χ0) is 14.8. The van der Waals surface area contributed by atoms with Gasteiger partial charge in [-0.25, -0.2) is 4.79 Å². The average molecular weight is 284 g/mol. The Bertz CT molecular complexity index is 642. The van der Waals surface area contributed by atoms with Gasteiger partial charge in [-0.15, -0.1) is 0 Å². The SMILES string of the molecule is O=C1NC(=O)C(=CC2C=CC(c3ccccc3)O2)C(=O)N1. The molecule has 2 N–H and O–H groups in total. The summed E-state index contributed by atoms with van der Waals surface area (Å²) in [5.74, 6) is -1.44. The summed E-state index contributed by atoms with van der Waals surface area (Å²) in [6.45, 7) is 0. The van der Waals surface area contributed by atoms with Crippen LogP contribution in [0, 0.1) is 0 Å². The van der Waals surface area contributed by atoms with Crippen molar-refractivity contribution < 1.29 is 19.1 Å². The van der Waals surface area contributed by atoms with E-state index in [-0.39, 0.29) is 11.7 Å². The first-order valence-corrected chi connectivity index (χ1v) is 6.41. The van der Waals surface area contributed by atoms with Crippen LogP contribution in [0.3, 0.4) is 0 Å². The molecule has 0 aromatic heterocycles. The third-order valence-electron chi connectivity index (χ3n) is 3.18. The molecule has 0 bridgehead atoms. The van der Waals surface area contributed by atoms with Crippen LogP contribution in [-0.2, 0) is 14.3 Å². The second kappa shape index (κ2) is 5.34. The monoisotopic (exact) mass is 284 g/mol. The Morgan fingerprint density at radius 1 is 0.952 bits per heavy atom. The summed E-state index contributed by atoms with van der Waals surface area (Å²) in [4.78, 5) is 34.2. The lowest BCUT2D eigenvalue weighted by Crippen LogP contribution is -2.51. The average Bonchev–Trinajstić information content (AvgIpc) is 2.92. The minimum atomic E-state index is -0.813. The molecule has 0 spiro atoms. The van der Waals surface area contributed by atoms with Crippen molar-refractivity contribution in [3.05, 3.63) is 59.7 Å². The fourth-order valence-electron chi connectivity index (χ4n) is 2.19. The molecule has 2 aliphatic heterocycles. The molecule has 2 atom stereocenters. The van der Waals surface area contributed by atoms with Gasteiger partial charge in [-0.1, -0.05) is 42.5 Å². The standard InChI is InChI=1S/C15H12N2O4/c18-13-11(14(19)17-15(20)16-13)8-10-6-7-12(21-10)9-4-2-1-3-5-9/h1-8,10,12H,(H2,16,17,18,19,20). The fraction of sp³-hybridized carbons (Fsp3) is 0.133. The van der Waals surface area contributed by atoms with Crippen molar-refractivity contribution in [1.82, 2.24) is 10.6 Å². The Kier molecular flexibility index (Phi) is 3.37. The van der Waals surface area contributed by atoms with E-state index in [9.17, 15) is 14.4 Å². The molecule has 0 radical (unpaired) electrons. The van der Waals surface area contributed by atoms with Gasteiger partial charge in [0, 0.05) is 0 Å². The van der Waals surface area contributed by atoms with Crippen LogP contribution in [0.2, 0.25) is 0 Å². The van der Waals surface area contributed by atoms with Gasteiger partial charge in [0.15, 0.2) is 0 Å². The lowest BCUT2D eigenvalue weighted by molar-refractivity contribution is -0.124. The van der Waals surface area contributed by atoms with E-state index in [1.54, 1.807) is 6.08 Å². The highest BCUT2D eigenvalue weighted by Crippen LogP contribution is 2.27. The molecular formula is C15H12N2O4. The van der Waals surface area contributed by atoms with E-state index in [2.05, 4.69) is 0 Å². The lowest BCUT2D eigenvalue weighted by Gasteiger charge is -2.16. The van der Waals surface area contributed by atoms with E-state index in [1.165, 1.54) is 6.08 Å². The quantitative estimate of drug-likeness (QED) is 0.481. The minimum Gasteiger partial charge on any atom is -0.358 e. The molecule has 6 heteroatoms. The third kappa shape index (κ3) is 2.75. The van der Waals surface area contributed by atoms with Gasteiger partial charge >= 0.3 is 6.03 Å². The molecule has 21 heavy (non-hydrogen) atoms. The van der Waals surface area contributed by atoms with Crippen molar-refractivity contribution in [2.75, 3.05) is 0 Å². The molecule has 0 aliphatic carbocycles. The zero-order valence-electron chi connectivity index (χ0n) is 10.9. The highest BCUT2D eigenvalue weighted by atomic mass is 16.5. The Hall–Kier alpha value is -2.73. The van der Waals surface area contributed by atoms with Crippen LogP contribution >= 0.6 is 0 Å². The first-order chi connectivity index (χ1) is 10.1. The molecule has 1 fully saturated rings. The predicted octanol–water partition coefficient (Wildman–Crippen LogP) is 0.975. The normalized spacial score (nSPS) is 24.8. The molecule has 3 rings (SSSR count).